The monoisotopic (exact) mass is 326 g/mol. The molecule has 0 bridgehead atoms. The van der Waals surface area contributed by atoms with Crippen molar-refractivity contribution in [2.45, 2.75) is 20.8 Å². The van der Waals surface area contributed by atoms with Gasteiger partial charge in [-0.1, -0.05) is 47.5 Å². The Balaban J connectivity index is 1.99. The third-order valence-electron chi connectivity index (χ3n) is 3.79. The maximum atomic E-state index is 12.4. The predicted octanol–water partition coefficient (Wildman–Crippen LogP) is 3.89. The highest BCUT2D eigenvalue weighted by Gasteiger charge is 2.30. The molecule has 2 aromatic carbocycles. The Bertz CT molecular complexity index is 906. The Labute approximate surface area is 136 Å². The maximum Gasteiger partial charge on any atom is 0.285 e. The molecule has 0 saturated carbocycles. The van der Waals surface area contributed by atoms with Crippen LogP contribution in [0.1, 0.15) is 23.6 Å². The van der Waals surface area contributed by atoms with Crippen molar-refractivity contribution in [3.63, 3.8) is 0 Å². The van der Waals surface area contributed by atoms with Gasteiger partial charge in [-0.15, -0.1) is 4.40 Å². The molecule has 1 aliphatic rings. The van der Waals surface area contributed by atoms with E-state index < -0.39 is 10.0 Å². The highest BCUT2D eigenvalue weighted by Crippen LogP contribution is 2.33. The van der Waals surface area contributed by atoms with Crippen molar-refractivity contribution in [2.24, 2.45) is 4.40 Å². The minimum atomic E-state index is -3.67. The lowest BCUT2D eigenvalue weighted by molar-refractivity contribution is 0.608. The van der Waals surface area contributed by atoms with Gasteiger partial charge in [-0.05, 0) is 38.5 Å². The lowest BCUT2D eigenvalue weighted by atomic mass is 10.1. The van der Waals surface area contributed by atoms with Gasteiger partial charge in [0.2, 0.25) is 0 Å². The quantitative estimate of drug-likeness (QED) is 0.911. The molecular formula is C18H18N2O2S. The van der Waals surface area contributed by atoms with Crippen LogP contribution in [-0.2, 0) is 10.0 Å². The van der Waals surface area contributed by atoms with Crippen LogP contribution in [0.4, 0.5) is 5.69 Å². The molecule has 0 amide bonds. The van der Waals surface area contributed by atoms with Crippen LogP contribution in [0.3, 0.4) is 0 Å². The number of hydrogen-bond donors (Lipinski definition) is 1. The number of nitrogens with zero attached hydrogens (tertiary/aromatic N) is 1. The van der Waals surface area contributed by atoms with Crippen molar-refractivity contribution in [2.75, 3.05) is 5.32 Å². The van der Waals surface area contributed by atoms with Crippen LogP contribution in [-0.4, -0.2) is 14.3 Å². The SMILES string of the molecule is CC1=C(c2ccc(C)cc2)S(=O)(=O)N=C1Nc1ccc(C)cc1. The van der Waals surface area contributed by atoms with E-state index in [2.05, 4.69) is 9.71 Å². The van der Waals surface area contributed by atoms with E-state index in [1.165, 1.54) is 0 Å². The second-order valence-corrected chi connectivity index (χ2v) is 7.27. The molecule has 4 nitrogen and oxygen atoms in total. The van der Waals surface area contributed by atoms with E-state index in [1.54, 1.807) is 6.92 Å². The summed E-state index contributed by atoms with van der Waals surface area (Å²) in [5.41, 5.74) is 4.34. The number of amidine groups is 1. The maximum absolute atomic E-state index is 12.4. The van der Waals surface area contributed by atoms with Gasteiger partial charge in [-0.3, -0.25) is 0 Å². The molecule has 1 aliphatic heterocycles. The third-order valence-corrected chi connectivity index (χ3v) is 5.27. The van der Waals surface area contributed by atoms with Crippen LogP contribution in [0.5, 0.6) is 0 Å². The molecule has 1 N–H and O–H groups in total. The molecule has 0 radical (unpaired) electrons. The van der Waals surface area contributed by atoms with Crippen molar-refractivity contribution < 1.29 is 8.42 Å². The van der Waals surface area contributed by atoms with E-state index in [9.17, 15) is 8.42 Å². The average molecular weight is 326 g/mol. The summed E-state index contributed by atoms with van der Waals surface area (Å²) in [6.45, 7) is 5.75. The molecule has 0 fully saturated rings. The van der Waals surface area contributed by atoms with Crippen molar-refractivity contribution in [1.29, 1.82) is 0 Å². The number of anilines is 1. The van der Waals surface area contributed by atoms with Crippen LogP contribution in [0, 0.1) is 13.8 Å². The van der Waals surface area contributed by atoms with Gasteiger partial charge < -0.3 is 5.32 Å². The van der Waals surface area contributed by atoms with Crippen molar-refractivity contribution >= 4 is 26.5 Å². The van der Waals surface area contributed by atoms with Crippen molar-refractivity contribution in [3.8, 4) is 0 Å². The molecule has 0 saturated heterocycles. The van der Waals surface area contributed by atoms with Crippen LogP contribution in [0.25, 0.3) is 4.91 Å². The third kappa shape index (κ3) is 3.05. The Kier molecular flexibility index (Phi) is 3.82. The number of aryl methyl sites for hydroxylation is 2. The van der Waals surface area contributed by atoms with Crippen LogP contribution in [0.2, 0.25) is 0 Å². The van der Waals surface area contributed by atoms with Gasteiger partial charge in [0.05, 0.1) is 0 Å². The highest BCUT2D eigenvalue weighted by atomic mass is 32.2. The van der Waals surface area contributed by atoms with Crippen LogP contribution < -0.4 is 5.32 Å². The molecule has 0 spiro atoms. The first-order valence-electron chi connectivity index (χ1n) is 7.34. The first-order valence-corrected chi connectivity index (χ1v) is 8.78. The molecule has 0 aliphatic carbocycles. The van der Waals surface area contributed by atoms with Crippen LogP contribution in [0.15, 0.2) is 58.5 Å². The summed E-state index contributed by atoms with van der Waals surface area (Å²) in [6.07, 6.45) is 0. The highest BCUT2D eigenvalue weighted by molar-refractivity contribution is 8.00. The topological polar surface area (TPSA) is 58.5 Å². The summed E-state index contributed by atoms with van der Waals surface area (Å²) >= 11 is 0. The van der Waals surface area contributed by atoms with E-state index in [1.807, 2.05) is 62.4 Å². The summed E-state index contributed by atoms with van der Waals surface area (Å²) in [6, 6.07) is 15.2. The van der Waals surface area contributed by atoms with Gasteiger partial charge in [0.15, 0.2) is 0 Å². The molecule has 1 heterocycles. The lowest BCUT2D eigenvalue weighted by Crippen LogP contribution is -2.11. The number of hydrogen-bond acceptors (Lipinski definition) is 3. The van der Waals surface area contributed by atoms with Crippen molar-refractivity contribution in [1.82, 2.24) is 0 Å². The molecule has 23 heavy (non-hydrogen) atoms. The first-order chi connectivity index (χ1) is 10.9. The summed E-state index contributed by atoms with van der Waals surface area (Å²) in [5, 5.41) is 3.10. The van der Waals surface area contributed by atoms with E-state index in [0.29, 0.717) is 17.0 Å². The van der Waals surface area contributed by atoms with Crippen LogP contribution >= 0.6 is 0 Å². The van der Waals surface area contributed by atoms with Gasteiger partial charge in [-0.2, -0.15) is 8.42 Å². The minimum Gasteiger partial charge on any atom is -0.339 e. The van der Waals surface area contributed by atoms with Gasteiger partial charge >= 0.3 is 0 Å². The number of rotatable bonds is 2. The van der Waals surface area contributed by atoms with Gasteiger partial charge in [0.25, 0.3) is 10.0 Å². The minimum absolute atomic E-state index is 0.270. The van der Waals surface area contributed by atoms with E-state index in [0.717, 1.165) is 16.8 Å². The summed E-state index contributed by atoms with van der Waals surface area (Å²) < 4.78 is 28.8. The Morgan fingerprint density at radius 2 is 1.35 bits per heavy atom. The second kappa shape index (κ2) is 5.66. The standard InChI is InChI=1S/C18H18N2O2S/c1-12-4-8-15(9-5-12)17-14(3)18(20-23(17,21)22)19-16-10-6-13(2)7-11-16/h4-11H,1-3H3,(H,19,20). The molecule has 118 valence electrons. The predicted molar refractivity (Wildman–Crippen MR) is 94.9 cm³/mol. The largest absolute Gasteiger partial charge is 0.339 e. The van der Waals surface area contributed by atoms with Gasteiger partial charge in [0, 0.05) is 11.3 Å². The van der Waals surface area contributed by atoms with Gasteiger partial charge in [0.1, 0.15) is 10.7 Å². The van der Waals surface area contributed by atoms with E-state index in [-0.39, 0.29) is 4.91 Å². The van der Waals surface area contributed by atoms with Crippen molar-refractivity contribution in [3.05, 3.63) is 70.8 Å². The smallest absolute Gasteiger partial charge is 0.285 e. The number of benzene rings is 2. The molecule has 2 aromatic rings. The molecule has 3 rings (SSSR count). The summed E-state index contributed by atoms with van der Waals surface area (Å²) in [5.74, 6) is 0.379. The molecule has 5 heteroatoms. The van der Waals surface area contributed by atoms with Gasteiger partial charge in [-0.25, -0.2) is 0 Å². The number of sulfonamides is 1. The zero-order valence-corrected chi connectivity index (χ0v) is 14.1. The number of nitrogens with one attached hydrogen (secondary N) is 1. The molecular weight excluding hydrogens is 308 g/mol. The first kappa shape index (κ1) is 15.5. The fourth-order valence-electron chi connectivity index (χ4n) is 2.50. The average Bonchev–Trinajstić information content (AvgIpc) is 2.72. The molecule has 0 aromatic heterocycles. The molecule has 0 atom stereocenters. The Hall–Kier alpha value is -2.40. The fourth-order valence-corrected chi connectivity index (χ4v) is 3.93. The van der Waals surface area contributed by atoms with E-state index in [4.69, 9.17) is 0 Å². The second-order valence-electron chi connectivity index (χ2n) is 5.73. The molecule has 0 unspecified atom stereocenters. The zero-order chi connectivity index (χ0) is 16.6. The zero-order valence-electron chi connectivity index (χ0n) is 13.3. The van der Waals surface area contributed by atoms with E-state index >= 15 is 0 Å². The Morgan fingerprint density at radius 3 is 1.91 bits per heavy atom. The fraction of sp³-hybridized carbons (Fsp3) is 0.167. The lowest BCUT2D eigenvalue weighted by Gasteiger charge is -2.07. The Morgan fingerprint density at radius 1 is 0.826 bits per heavy atom. The summed E-state index contributed by atoms with van der Waals surface area (Å²) in [4.78, 5) is 0.270. The summed E-state index contributed by atoms with van der Waals surface area (Å²) in [7, 11) is -3.67. The normalized spacial score (nSPS) is 16.4.